The second-order valence-corrected chi connectivity index (χ2v) is 10.2. The molecule has 0 unspecified atom stereocenters. The van der Waals surface area contributed by atoms with Gasteiger partial charge in [-0.25, -0.2) is 15.0 Å². The first kappa shape index (κ1) is 21.4. The van der Waals surface area contributed by atoms with E-state index in [9.17, 15) is 0 Å². The molecule has 0 N–H and O–H groups in total. The number of hydrogen-bond donors (Lipinski definition) is 0. The lowest BCUT2D eigenvalue weighted by Gasteiger charge is -2.12. The Labute approximate surface area is 228 Å². The zero-order valence-corrected chi connectivity index (χ0v) is 21.4. The lowest BCUT2D eigenvalue weighted by atomic mass is 10.2. The highest BCUT2D eigenvalue weighted by Gasteiger charge is 2.18. The molecular weight excluding hydrogens is 490 g/mol. The van der Waals surface area contributed by atoms with Crippen molar-refractivity contribution in [2.75, 3.05) is 0 Å². The van der Waals surface area contributed by atoms with Crippen LogP contribution in [0.3, 0.4) is 0 Å². The lowest BCUT2D eigenvalue weighted by molar-refractivity contribution is 1.11. The van der Waals surface area contributed by atoms with Gasteiger partial charge in [0.15, 0.2) is 11.6 Å². The number of fused-ring (bicyclic) bond motifs is 10. The van der Waals surface area contributed by atoms with Gasteiger partial charge in [-0.1, -0.05) is 78.9 Å². The fraction of sp³-hybridized carbons (Fsp3) is 0. The molecule has 9 rings (SSSR count). The van der Waals surface area contributed by atoms with Crippen LogP contribution in [0.2, 0.25) is 0 Å². The smallest absolute Gasteiger partial charge is 0.164 e. The third kappa shape index (κ3) is 2.94. The lowest BCUT2D eigenvalue weighted by Crippen LogP contribution is -2.02. The summed E-state index contributed by atoms with van der Waals surface area (Å²) in [6, 6.07) is 44.1. The van der Waals surface area contributed by atoms with E-state index in [1.54, 1.807) is 0 Å². The molecule has 4 aromatic carbocycles. The number of para-hydroxylation sites is 4. The van der Waals surface area contributed by atoms with Crippen LogP contribution in [0.4, 0.5) is 0 Å². The zero-order chi connectivity index (χ0) is 26.2. The van der Waals surface area contributed by atoms with Crippen molar-refractivity contribution in [3.63, 3.8) is 0 Å². The van der Waals surface area contributed by atoms with Crippen LogP contribution in [0, 0.1) is 0 Å². The molecular formula is C35H21N5. The molecule has 9 aromatic rings. The van der Waals surface area contributed by atoms with Gasteiger partial charge in [0.2, 0.25) is 0 Å². The maximum Gasteiger partial charge on any atom is 0.164 e. The van der Waals surface area contributed by atoms with Crippen LogP contribution in [0.25, 0.3) is 77.7 Å². The van der Waals surface area contributed by atoms with E-state index in [0.717, 1.165) is 66.9 Å². The molecule has 0 saturated carbocycles. The van der Waals surface area contributed by atoms with Crippen molar-refractivity contribution in [2.45, 2.75) is 0 Å². The summed E-state index contributed by atoms with van der Waals surface area (Å²) in [7, 11) is 0. The molecule has 0 aliphatic carbocycles. The van der Waals surface area contributed by atoms with Gasteiger partial charge in [0.25, 0.3) is 0 Å². The number of hydrogen-bond acceptors (Lipinski definition) is 3. The minimum Gasteiger partial charge on any atom is -0.292 e. The van der Waals surface area contributed by atoms with E-state index in [-0.39, 0.29) is 0 Å². The SMILES string of the molecule is c1cc(-c2nc3ccccc3c3cc4ccccc4n23)nc(-c2nc3ccccc3c3cc4ccccc4n23)c1. The van der Waals surface area contributed by atoms with Crippen molar-refractivity contribution in [1.82, 2.24) is 23.8 Å². The molecule has 5 heterocycles. The van der Waals surface area contributed by atoms with Gasteiger partial charge in [0.1, 0.15) is 11.4 Å². The largest absolute Gasteiger partial charge is 0.292 e. The van der Waals surface area contributed by atoms with Gasteiger partial charge in [-0.3, -0.25) is 8.80 Å². The van der Waals surface area contributed by atoms with E-state index in [2.05, 4.69) is 112 Å². The van der Waals surface area contributed by atoms with Crippen LogP contribution in [-0.4, -0.2) is 23.8 Å². The molecule has 0 atom stereocenters. The second kappa shape index (κ2) is 7.98. The highest BCUT2D eigenvalue weighted by Crippen LogP contribution is 2.34. The Hall–Kier alpha value is -5.55. The minimum absolute atomic E-state index is 0.800. The van der Waals surface area contributed by atoms with Crippen molar-refractivity contribution in [1.29, 1.82) is 0 Å². The molecule has 0 aliphatic heterocycles. The van der Waals surface area contributed by atoms with Crippen molar-refractivity contribution in [3.05, 3.63) is 127 Å². The molecule has 0 fully saturated rings. The summed E-state index contributed by atoms with van der Waals surface area (Å²) in [4.78, 5) is 15.5. The summed E-state index contributed by atoms with van der Waals surface area (Å²) in [5.41, 5.74) is 7.96. The zero-order valence-electron chi connectivity index (χ0n) is 21.4. The first-order valence-electron chi connectivity index (χ1n) is 13.4. The maximum absolute atomic E-state index is 5.23. The number of rotatable bonds is 2. The normalized spacial score (nSPS) is 12.0. The van der Waals surface area contributed by atoms with E-state index in [0.29, 0.717) is 0 Å². The first-order valence-corrected chi connectivity index (χ1v) is 13.4. The van der Waals surface area contributed by atoms with Crippen molar-refractivity contribution in [3.8, 4) is 23.0 Å². The number of pyridine rings is 1. The van der Waals surface area contributed by atoms with Crippen molar-refractivity contribution < 1.29 is 0 Å². The molecule has 40 heavy (non-hydrogen) atoms. The molecule has 0 amide bonds. The Morgan fingerprint density at radius 1 is 0.375 bits per heavy atom. The first-order chi connectivity index (χ1) is 19.8. The molecule has 0 bridgehead atoms. The standard InChI is InChI=1S/C35H21N5/c1-7-18-30-22(10-1)20-32-24-12-3-5-14-26(24)37-34(39(30)32)28-16-9-17-29(36-28)35-38-27-15-6-4-13-25(27)33-21-23-11-2-8-19-31(23)40(33)35/h1-21H. The van der Waals surface area contributed by atoms with Crippen molar-refractivity contribution >= 4 is 54.6 Å². The van der Waals surface area contributed by atoms with Crippen LogP contribution >= 0.6 is 0 Å². The van der Waals surface area contributed by atoms with Crippen LogP contribution in [0.15, 0.2) is 127 Å². The van der Waals surface area contributed by atoms with Gasteiger partial charge in [-0.15, -0.1) is 0 Å². The molecule has 186 valence electrons. The summed E-state index contributed by atoms with van der Waals surface area (Å²) in [6.07, 6.45) is 0. The van der Waals surface area contributed by atoms with Gasteiger partial charge < -0.3 is 0 Å². The Balaban J connectivity index is 1.37. The van der Waals surface area contributed by atoms with Gasteiger partial charge in [0, 0.05) is 21.5 Å². The number of benzene rings is 4. The van der Waals surface area contributed by atoms with E-state index in [4.69, 9.17) is 15.0 Å². The van der Waals surface area contributed by atoms with Gasteiger partial charge >= 0.3 is 0 Å². The predicted octanol–water partition coefficient (Wildman–Crippen LogP) is 8.32. The fourth-order valence-corrected chi connectivity index (χ4v) is 6.09. The number of aromatic nitrogens is 5. The number of nitrogens with zero attached hydrogens (tertiary/aromatic N) is 5. The summed E-state index contributed by atoms with van der Waals surface area (Å²) in [5.74, 6) is 1.62. The second-order valence-electron chi connectivity index (χ2n) is 10.2. The maximum atomic E-state index is 5.23. The summed E-state index contributed by atoms with van der Waals surface area (Å²) in [5, 5.41) is 4.59. The van der Waals surface area contributed by atoms with Crippen LogP contribution < -0.4 is 0 Å². The highest BCUT2D eigenvalue weighted by atomic mass is 15.1. The molecule has 0 saturated heterocycles. The quantitative estimate of drug-likeness (QED) is 0.234. The van der Waals surface area contributed by atoms with E-state index >= 15 is 0 Å². The van der Waals surface area contributed by atoms with E-state index < -0.39 is 0 Å². The Morgan fingerprint density at radius 3 is 1.35 bits per heavy atom. The predicted molar refractivity (Wildman–Crippen MR) is 163 cm³/mol. The Morgan fingerprint density at radius 2 is 0.825 bits per heavy atom. The molecule has 5 heteroatoms. The Kier molecular flexibility index (Phi) is 4.27. The summed E-state index contributed by atoms with van der Waals surface area (Å²) < 4.78 is 4.47. The molecule has 0 spiro atoms. The molecule has 5 nitrogen and oxygen atoms in total. The Bertz CT molecular complexity index is 2280. The minimum atomic E-state index is 0.800. The summed E-state index contributed by atoms with van der Waals surface area (Å²) >= 11 is 0. The van der Waals surface area contributed by atoms with Gasteiger partial charge in [0.05, 0.1) is 33.1 Å². The highest BCUT2D eigenvalue weighted by molar-refractivity contribution is 6.03. The van der Waals surface area contributed by atoms with Crippen LogP contribution in [-0.2, 0) is 0 Å². The van der Waals surface area contributed by atoms with E-state index in [1.807, 2.05) is 24.3 Å². The van der Waals surface area contributed by atoms with Crippen LogP contribution in [0.1, 0.15) is 0 Å². The molecule has 0 aliphatic rings. The molecule has 0 radical (unpaired) electrons. The average Bonchev–Trinajstić information content (AvgIpc) is 3.60. The molecule has 5 aromatic heterocycles. The third-order valence-electron chi connectivity index (χ3n) is 7.87. The van der Waals surface area contributed by atoms with E-state index in [1.165, 1.54) is 10.8 Å². The van der Waals surface area contributed by atoms with Crippen LogP contribution in [0.5, 0.6) is 0 Å². The third-order valence-corrected chi connectivity index (χ3v) is 7.87. The van der Waals surface area contributed by atoms with Crippen molar-refractivity contribution in [2.24, 2.45) is 0 Å². The fourth-order valence-electron chi connectivity index (χ4n) is 6.09. The topological polar surface area (TPSA) is 47.5 Å². The average molecular weight is 512 g/mol. The monoisotopic (exact) mass is 511 g/mol. The summed E-state index contributed by atoms with van der Waals surface area (Å²) in [6.45, 7) is 0. The van der Waals surface area contributed by atoms with Gasteiger partial charge in [-0.2, -0.15) is 0 Å². The van der Waals surface area contributed by atoms with Gasteiger partial charge in [-0.05, 0) is 48.5 Å².